The molecule has 23 heavy (non-hydrogen) atoms. The molecule has 2 rings (SSSR count). The number of nitrogens with zero attached hydrogens (tertiary/aromatic N) is 1. The Morgan fingerprint density at radius 1 is 1.13 bits per heavy atom. The molecule has 0 spiro atoms. The molecule has 0 saturated carbocycles. The minimum atomic E-state index is -0.325. The third-order valence-electron chi connectivity index (χ3n) is 3.21. The SMILES string of the molecule is CCOc1ccc(C=CC(=O)OCCCc2ccncc2)cc1. The van der Waals surface area contributed by atoms with Crippen LogP contribution in [0.3, 0.4) is 0 Å². The Balaban J connectivity index is 1.69. The van der Waals surface area contributed by atoms with Gasteiger partial charge in [-0.3, -0.25) is 4.98 Å². The van der Waals surface area contributed by atoms with Crippen LogP contribution in [0.15, 0.2) is 54.9 Å². The molecule has 1 aromatic carbocycles. The Kier molecular flexibility index (Phi) is 6.85. The normalized spacial score (nSPS) is 10.7. The van der Waals surface area contributed by atoms with Crippen molar-refractivity contribution in [3.63, 3.8) is 0 Å². The van der Waals surface area contributed by atoms with Gasteiger partial charge >= 0.3 is 5.97 Å². The number of aryl methyl sites for hydroxylation is 1. The number of ether oxygens (including phenoxy) is 2. The number of esters is 1. The smallest absolute Gasteiger partial charge is 0.330 e. The van der Waals surface area contributed by atoms with E-state index in [1.807, 2.05) is 43.3 Å². The zero-order chi connectivity index (χ0) is 16.3. The van der Waals surface area contributed by atoms with Gasteiger partial charge in [0.15, 0.2) is 0 Å². The van der Waals surface area contributed by atoms with Crippen molar-refractivity contribution in [2.24, 2.45) is 0 Å². The van der Waals surface area contributed by atoms with E-state index in [1.165, 1.54) is 11.6 Å². The summed E-state index contributed by atoms with van der Waals surface area (Å²) in [5.41, 5.74) is 2.13. The van der Waals surface area contributed by atoms with Crippen molar-refractivity contribution in [2.75, 3.05) is 13.2 Å². The molecule has 4 heteroatoms. The average Bonchev–Trinajstić information content (AvgIpc) is 2.59. The number of hydrogen-bond acceptors (Lipinski definition) is 4. The fourth-order valence-electron chi connectivity index (χ4n) is 2.05. The highest BCUT2D eigenvalue weighted by molar-refractivity contribution is 5.87. The van der Waals surface area contributed by atoms with Crippen molar-refractivity contribution in [2.45, 2.75) is 19.8 Å². The maximum absolute atomic E-state index is 11.7. The van der Waals surface area contributed by atoms with Crippen LogP contribution >= 0.6 is 0 Å². The molecule has 120 valence electrons. The molecule has 0 aliphatic rings. The molecule has 0 saturated heterocycles. The van der Waals surface area contributed by atoms with E-state index in [0.29, 0.717) is 13.2 Å². The Morgan fingerprint density at radius 3 is 2.57 bits per heavy atom. The van der Waals surface area contributed by atoms with Crippen LogP contribution in [-0.2, 0) is 16.0 Å². The summed E-state index contributed by atoms with van der Waals surface area (Å²) in [6.07, 6.45) is 8.38. The van der Waals surface area contributed by atoms with Gasteiger partial charge in [-0.25, -0.2) is 4.79 Å². The summed E-state index contributed by atoms with van der Waals surface area (Å²) in [5.74, 6) is 0.497. The second kappa shape index (κ2) is 9.41. The summed E-state index contributed by atoms with van der Waals surface area (Å²) in [4.78, 5) is 15.6. The molecular formula is C19H21NO3. The summed E-state index contributed by atoms with van der Waals surface area (Å²) in [5, 5.41) is 0. The number of carbonyl (C=O) groups excluding carboxylic acids is 1. The fraction of sp³-hybridized carbons (Fsp3) is 0.263. The van der Waals surface area contributed by atoms with Crippen molar-refractivity contribution >= 4 is 12.0 Å². The molecule has 0 unspecified atom stereocenters. The summed E-state index contributed by atoms with van der Waals surface area (Å²) in [6.45, 7) is 2.99. The van der Waals surface area contributed by atoms with Gasteiger partial charge in [-0.1, -0.05) is 12.1 Å². The van der Waals surface area contributed by atoms with E-state index < -0.39 is 0 Å². The van der Waals surface area contributed by atoms with Crippen LogP contribution in [0.4, 0.5) is 0 Å². The van der Waals surface area contributed by atoms with E-state index in [0.717, 1.165) is 24.2 Å². The maximum atomic E-state index is 11.7. The van der Waals surface area contributed by atoms with Crippen LogP contribution in [0.5, 0.6) is 5.75 Å². The van der Waals surface area contributed by atoms with Crippen molar-refractivity contribution in [1.29, 1.82) is 0 Å². The van der Waals surface area contributed by atoms with E-state index in [2.05, 4.69) is 4.98 Å². The zero-order valence-corrected chi connectivity index (χ0v) is 13.3. The first-order valence-corrected chi connectivity index (χ1v) is 7.74. The lowest BCUT2D eigenvalue weighted by Crippen LogP contribution is -2.03. The Morgan fingerprint density at radius 2 is 1.87 bits per heavy atom. The number of benzene rings is 1. The monoisotopic (exact) mass is 311 g/mol. The average molecular weight is 311 g/mol. The van der Waals surface area contributed by atoms with Crippen LogP contribution in [-0.4, -0.2) is 24.2 Å². The van der Waals surface area contributed by atoms with Gasteiger partial charge < -0.3 is 9.47 Å². The molecule has 1 aromatic heterocycles. The highest BCUT2D eigenvalue weighted by atomic mass is 16.5. The van der Waals surface area contributed by atoms with Crippen LogP contribution in [0.1, 0.15) is 24.5 Å². The van der Waals surface area contributed by atoms with Crippen LogP contribution in [0.25, 0.3) is 6.08 Å². The summed E-state index contributed by atoms with van der Waals surface area (Å²) < 4.78 is 10.6. The molecule has 0 radical (unpaired) electrons. The predicted molar refractivity (Wildman–Crippen MR) is 90.2 cm³/mol. The highest BCUT2D eigenvalue weighted by Gasteiger charge is 1.98. The first kappa shape index (κ1) is 16.7. The largest absolute Gasteiger partial charge is 0.494 e. The van der Waals surface area contributed by atoms with E-state index >= 15 is 0 Å². The van der Waals surface area contributed by atoms with Crippen LogP contribution < -0.4 is 4.74 Å². The number of rotatable bonds is 8. The Hall–Kier alpha value is -2.62. The zero-order valence-electron chi connectivity index (χ0n) is 13.3. The van der Waals surface area contributed by atoms with Crippen molar-refractivity contribution < 1.29 is 14.3 Å². The van der Waals surface area contributed by atoms with E-state index in [9.17, 15) is 4.79 Å². The van der Waals surface area contributed by atoms with Gasteiger partial charge in [-0.05, 0) is 61.2 Å². The fourth-order valence-corrected chi connectivity index (χ4v) is 2.05. The number of aromatic nitrogens is 1. The third kappa shape index (κ3) is 6.34. The quantitative estimate of drug-likeness (QED) is 0.424. The highest BCUT2D eigenvalue weighted by Crippen LogP contribution is 2.13. The summed E-state index contributed by atoms with van der Waals surface area (Å²) >= 11 is 0. The summed E-state index contributed by atoms with van der Waals surface area (Å²) in [6, 6.07) is 11.5. The lowest BCUT2D eigenvalue weighted by molar-refractivity contribution is -0.137. The van der Waals surface area contributed by atoms with Crippen LogP contribution in [0.2, 0.25) is 0 Å². The molecule has 0 fully saturated rings. The van der Waals surface area contributed by atoms with Gasteiger partial charge in [0.2, 0.25) is 0 Å². The van der Waals surface area contributed by atoms with Crippen molar-refractivity contribution in [3.05, 3.63) is 66.0 Å². The molecule has 0 aliphatic carbocycles. The first-order valence-electron chi connectivity index (χ1n) is 7.74. The van der Waals surface area contributed by atoms with Gasteiger partial charge in [-0.2, -0.15) is 0 Å². The van der Waals surface area contributed by atoms with Gasteiger partial charge in [-0.15, -0.1) is 0 Å². The second-order valence-corrected chi connectivity index (χ2v) is 4.96. The molecular weight excluding hydrogens is 290 g/mol. The molecule has 0 aliphatic heterocycles. The first-order chi connectivity index (χ1) is 11.3. The van der Waals surface area contributed by atoms with Gasteiger partial charge in [0.1, 0.15) is 5.75 Å². The Bertz CT molecular complexity index is 621. The minimum absolute atomic E-state index is 0.325. The topological polar surface area (TPSA) is 48.4 Å². The van der Waals surface area contributed by atoms with Gasteiger partial charge in [0.25, 0.3) is 0 Å². The molecule has 2 aromatic rings. The molecule has 1 heterocycles. The predicted octanol–water partition coefficient (Wildman–Crippen LogP) is 3.67. The molecule has 0 bridgehead atoms. The van der Waals surface area contributed by atoms with Crippen molar-refractivity contribution in [3.8, 4) is 5.75 Å². The van der Waals surface area contributed by atoms with Crippen molar-refractivity contribution in [1.82, 2.24) is 4.98 Å². The number of carbonyl (C=O) groups is 1. The lowest BCUT2D eigenvalue weighted by Gasteiger charge is -2.03. The van der Waals surface area contributed by atoms with Crippen LogP contribution in [0, 0.1) is 0 Å². The molecule has 0 atom stereocenters. The minimum Gasteiger partial charge on any atom is -0.494 e. The third-order valence-corrected chi connectivity index (χ3v) is 3.21. The molecule has 0 amide bonds. The number of hydrogen-bond donors (Lipinski definition) is 0. The number of pyridine rings is 1. The molecule has 4 nitrogen and oxygen atoms in total. The van der Waals surface area contributed by atoms with E-state index in [-0.39, 0.29) is 5.97 Å². The second-order valence-electron chi connectivity index (χ2n) is 4.96. The van der Waals surface area contributed by atoms with Gasteiger partial charge in [0.05, 0.1) is 13.2 Å². The Labute approximate surface area is 136 Å². The van der Waals surface area contributed by atoms with E-state index in [4.69, 9.17) is 9.47 Å². The lowest BCUT2D eigenvalue weighted by atomic mass is 10.1. The van der Waals surface area contributed by atoms with E-state index in [1.54, 1.807) is 18.5 Å². The van der Waals surface area contributed by atoms with Gasteiger partial charge in [0, 0.05) is 18.5 Å². The summed E-state index contributed by atoms with van der Waals surface area (Å²) in [7, 11) is 0. The standard InChI is InChI=1S/C19H21NO3/c1-2-22-18-8-5-17(6-9-18)7-10-19(21)23-15-3-4-16-11-13-20-14-12-16/h5-14H,2-4,15H2,1H3. The molecule has 0 N–H and O–H groups in total. The maximum Gasteiger partial charge on any atom is 0.330 e.